The van der Waals surface area contributed by atoms with Gasteiger partial charge in [-0.3, -0.25) is 4.79 Å². The summed E-state index contributed by atoms with van der Waals surface area (Å²) in [5.41, 5.74) is 7.48. The van der Waals surface area contributed by atoms with E-state index in [1.165, 1.54) is 18.9 Å². The SMILES string of the molecule is COC(=O)C1=CS/C(=C(/N)c2ccnc(NCCCN3CCCC3=O)n2)N1. The summed E-state index contributed by atoms with van der Waals surface area (Å²) in [7, 11) is 1.32. The van der Waals surface area contributed by atoms with Gasteiger partial charge in [-0.05, 0) is 18.9 Å². The zero-order valence-electron chi connectivity index (χ0n) is 15.0. The number of esters is 1. The molecule has 9 nitrogen and oxygen atoms in total. The first-order valence-corrected chi connectivity index (χ1v) is 9.53. The fourth-order valence-electron chi connectivity index (χ4n) is 2.76. The summed E-state index contributed by atoms with van der Waals surface area (Å²) in [6.45, 7) is 2.24. The molecule has 2 aliphatic rings. The van der Waals surface area contributed by atoms with E-state index in [4.69, 9.17) is 5.73 Å². The van der Waals surface area contributed by atoms with E-state index in [1.807, 2.05) is 4.90 Å². The Balaban J connectivity index is 1.55. The molecular formula is C17H22N6O3S. The second-order valence-corrected chi connectivity index (χ2v) is 6.92. The molecule has 3 heterocycles. The molecule has 144 valence electrons. The highest BCUT2D eigenvalue weighted by Crippen LogP contribution is 2.29. The van der Waals surface area contributed by atoms with Gasteiger partial charge >= 0.3 is 5.97 Å². The molecule has 0 bridgehead atoms. The molecule has 0 unspecified atom stereocenters. The topological polar surface area (TPSA) is 122 Å². The lowest BCUT2D eigenvalue weighted by Crippen LogP contribution is -2.27. The Morgan fingerprint density at radius 3 is 3.11 bits per heavy atom. The molecule has 0 aliphatic carbocycles. The molecule has 0 aromatic carbocycles. The number of hydrogen-bond acceptors (Lipinski definition) is 9. The quantitative estimate of drug-likeness (QED) is 0.459. The van der Waals surface area contributed by atoms with E-state index >= 15 is 0 Å². The lowest BCUT2D eigenvalue weighted by atomic mass is 10.3. The Morgan fingerprint density at radius 1 is 1.52 bits per heavy atom. The molecule has 0 atom stereocenters. The fourth-order valence-corrected chi connectivity index (χ4v) is 3.55. The second kappa shape index (κ2) is 8.76. The van der Waals surface area contributed by atoms with E-state index in [1.54, 1.807) is 17.7 Å². The summed E-state index contributed by atoms with van der Waals surface area (Å²) >= 11 is 1.30. The van der Waals surface area contributed by atoms with Crippen LogP contribution in [-0.2, 0) is 14.3 Å². The van der Waals surface area contributed by atoms with E-state index in [0.29, 0.717) is 41.0 Å². The van der Waals surface area contributed by atoms with Crippen LogP contribution in [0.3, 0.4) is 0 Å². The normalized spacial score (nSPS) is 18.2. The third-order valence-corrected chi connectivity index (χ3v) is 5.09. The molecule has 1 fully saturated rings. The van der Waals surface area contributed by atoms with Crippen LogP contribution in [0.4, 0.5) is 5.95 Å². The highest BCUT2D eigenvalue weighted by Gasteiger charge is 2.21. The Kier molecular flexibility index (Phi) is 6.17. The van der Waals surface area contributed by atoms with Crippen molar-refractivity contribution in [3.63, 3.8) is 0 Å². The van der Waals surface area contributed by atoms with Crippen LogP contribution in [0.5, 0.6) is 0 Å². The number of hydrogen-bond donors (Lipinski definition) is 3. The Hall–Kier alpha value is -2.75. The number of rotatable bonds is 7. The molecule has 10 heteroatoms. The van der Waals surface area contributed by atoms with Crippen molar-refractivity contribution in [1.29, 1.82) is 0 Å². The smallest absolute Gasteiger partial charge is 0.355 e. The van der Waals surface area contributed by atoms with Crippen LogP contribution in [0.1, 0.15) is 25.0 Å². The molecule has 0 saturated carbocycles. The number of carbonyl (C=O) groups is 2. The van der Waals surface area contributed by atoms with Gasteiger partial charge in [-0.2, -0.15) is 0 Å². The predicted octanol–water partition coefficient (Wildman–Crippen LogP) is 0.837. The van der Waals surface area contributed by atoms with Crippen molar-refractivity contribution >= 4 is 35.3 Å². The minimum absolute atomic E-state index is 0.231. The van der Waals surface area contributed by atoms with Gasteiger partial charge in [0, 0.05) is 37.7 Å². The van der Waals surface area contributed by atoms with E-state index in [9.17, 15) is 9.59 Å². The van der Waals surface area contributed by atoms with Crippen molar-refractivity contribution < 1.29 is 14.3 Å². The van der Waals surface area contributed by atoms with Crippen LogP contribution in [0.25, 0.3) is 5.70 Å². The van der Waals surface area contributed by atoms with Gasteiger partial charge in [0.15, 0.2) is 0 Å². The number of amides is 1. The minimum Gasteiger partial charge on any atom is -0.464 e. The molecule has 27 heavy (non-hydrogen) atoms. The summed E-state index contributed by atoms with van der Waals surface area (Å²) in [4.78, 5) is 33.6. The van der Waals surface area contributed by atoms with Gasteiger partial charge < -0.3 is 26.0 Å². The molecule has 1 amide bonds. The largest absolute Gasteiger partial charge is 0.464 e. The number of aromatic nitrogens is 2. The molecule has 1 aromatic heterocycles. The Labute approximate surface area is 161 Å². The summed E-state index contributed by atoms with van der Waals surface area (Å²) < 4.78 is 4.68. The van der Waals surface area contributed by atoms with Gasteiger partial charge in [0.05, 0.1) is 18.5 Å². The van der Waals surface area contributed by atoms with Crippen molar-refractivity contribution in [1.82, 2.24) is 20.2 Å². The van der Waals surface area contributed by atoms with E-state index in [0.717, 1.165) is 25.9 Å². The van der Waals surface area contributed by atoms with Crippen LogP contribution >= 0.6 is 11.8 Å². The number of nitrogens with two attached hydrogens (primary N) is 1. The lowest BCUT2D eigenvalue weighted by Gasteiger charge is -2.15. The summed E-state index contributed by atoms with van der Waals surface area (Å²) in [5.74, 6) is 0.244. The lowest BCUT2D eigenvalue weighted by molar-refractivity contribution is -0.136. The summed E-state index contributed by atoms with van der Waals surface area (Å²) in [6, 6.07) is 1.70. The predicted molar refractivity (Wildman–Crippen MR) is 103 cm³/mol. The molecule has 1 aromatic rings. The van der Waals surface area contributed by atoms with Crippen molar-refractivity contribution in [3.05, 3.63) is 34.1 Å². The first-order valence-electron chi connectivity index (χ1n) is 8.65. The van der Waals surface area contributed by atoms with Crippen LogP contribution in [0, 0.1) is 0 Å². The summed E-state index contributed by atoms with van der Waals surface area (Å²) in [6.07, 6.45) is 4.05. The Bertz CT molecular complexity index is 795. The highest BCUT2D eigenvalue weighted by atomic mass is 32.2. The van der Waals surface area contributed by atoms with Crippen molar-refractivity contribution in [3.8, 4) is 0 Å². The molecule has 0 radical (unpaired) electrons. The third kappa shape index (κ3) is 4.70. The van der Waals surface area contributed by atoms with E-state index < -0.39 is 5.97 Å². The fraction of sp³-hybridized carbons (Fsp3) is 0.412. The maximum absolute atomic E-state index is 11.6. The first kappa shape index (κ1) is 19.0. The number of anilines is 1. The summed E-state index contributed by atoms with van der Waals surface area (Å²) in [5, 5.41) is 8.35. The van der Waals surface area contributed by atoms with Gasteiger partial charge in [-0.1, -0.05) is 11.8 Å². The zero-order valence-corrected chi connectivity index (χ0v) is 15.8. The highest BCUT2D eigenvalue weighted by molar-refractivity contribution is 8.06. The molecule has 2 aliphatic heterocycles. The maximum atomic E-state index is 11.6. The number of nitrogens with one attached hydrogen (secondary N) is 2. The average Bonchev–Trinajstić information content (AvgIpc) is 3.34. The van der Waals surface area contributed by atoms with E-state index in [-0.39, 0.29) is 5.91 Å². The van der Waals surface area contributed by atoms with Crippen LogP contribution in [0.15, 0.2) is 28.4 Å². The molecular weight excluding hydrogens is 368 g/mol. The second-order valence-electron chi connectivity index (χ2n) is 6.04. The molecule has 4 N–H and O–H groups in total. The van der Waals surface area contributed by atoms with Gasteiger partial charge in [0.1, 0.15) is 10.7 Å². The van der Waals surface area contributed by atoms with Crippen LogP contribution in [-0.4, -0.2) is 53.5 Å². The number of carbonyl (C=O) groups excluding carboxylic acids is 2. The minimum atomic E-state index is -0.452. The van der Waals surface area contributed by atoms with Gasteiger partial charge in [0.2, 0.25) is 11.9 Å². The molecule has 0 spiro atoms. The maximum Gasteiger partial charge on any atom is 0.355 e. The van der Waals surface area contributed by atoms with Crippen molar-refractivity contribution in [2.24, 2.45) is 5.73 Å². The number of thioether (sulfide) groups is 1. The van der Waals surface area contributed by atoms with Crippen LogP contribution in [0.2, 0.25) is 0 Å². The number of nitrogens with zero attached hydrogens (tertiary/aromatic N) is 3. The van der Waals surface area contributed by atoms with Gasteiger partial charge in [-0.15, -0.1) is 0 Å². The zero-order chi connectivity index (χ0) is 19.2. The van der Waals surface area contributed by atoms with E-state index in [2.05, 4.69) is 25.3 Å². The standard InChI is InChI=1S/C17H22N6O3S/c1-26-16(25)12-10-27-15(21-12)14(18)11-5-7-20-17(22-11)19-6-3-9-23-8-2-4-13(23)24/h5,7,10,21H,2-4,6,8-9,18H2,1H3,(H,19,20,22)/b15-14+. The average molecular weight is 390 g/mol. The molecule has 1 saturated heterocycles. The number of ether oxygens (including phenoxy) is 1. The number of likely N-dealkylation sites (tertiary alicyclic amines) is 1. The monoisotopic (exact) mass is 390 g/mol. The first-order chi connectivity index (χ1) is 13.1. The molecule has 3 rings (SSSR count). The van der Waals surface area contributed by atoms with Crippen molar-refractivity contribution in [2.75, 3.05) is 32.1 Å². The third-order valence-electron chi connectivity index (χ3n) is 4.18. The number of methoxy groups -OCH3 is 1. The van der Waals surface area contributed by atoms with Gasteiger partial charge in [-0.25, -0.2) is 14.8 Å². The van der Waals surface area contributed by atoms with Crippen LogP contribution < -0.4 is 16.4 Å². The van der Waals surface area contributed by atoms with Crippen molar-refractivity contribution in [2.45, 2.75) is 19.3 Å². The Morgan fingerprint density at radius 2 is 2.37 bits per heavy atom. The van der Waals surface area contributed by atoms with Gasteiger partial charge in [0.25, 0.3) is 0 Å².